The number of nitrogens with zero attached hydrogens (tertiary/aromatic N) is 4. The van der Waals surface area contributed by atoms with Gasteiger partial charge in [-0.1, -0.05) is 18.2 Å². The molecule has 0 radical (unpaired) electrons. The Balaban J connectivity index is 1.53. The third-order valence-corrected chi connectivity index (χ3v) is 4.07. The van der Waals surface area contributed by atoms with E-state index in [1.54, 1.807) is 54.5 Å². The van der Waals surface area contributed by atoms with Crippen LogP contribution in [0, 0.1) is 0 Å². The summed E-state index contributed by atoms with van der Waals surface area (Å²) in [4.78, 5) is 36.8. The molecule has 1 fully saturated rings. The van der Waals surface area contributed by atoms with Gasteiger partial charge >= 0.3 is 5.97 Å². The summed E-state index contributed by atoms with van der Waals surface area (Å²) >= 11 is 0. The molecule has 7 heteroatoms. The number of ether oxygens (including phenoxy) is 1. The van der Waals surface area contributed by atoms with Crippen LogP contribution in [-0.2, 0) is 9.53 Å². The van der Waals surface area contributed by atoms with E-state index >= 15 is 0 Å². The molecule has 0 spiro atoms. The minimum Gasteiger partial charge on any atom is -0.449 e. The molecule has 25 heavy (non-hydrogen) atoms. The van der Waals surface area contributed by atoms with Gasteiger partial charge in [0.2, 0.25) is 5.95 Å². The van der Waals surface area contributed by atoms with E-state index < -0.39 is 12.1 Å². The van der Waals surface area contributed by atoms with Gasteiger partial charge in [-0.25, -0.2) is 14.8 Å². The van der Waals surface area contributed by atoms with Crippen LogP contribution >= 0.6 is 0 Å². The molecule has 1 aromatic heterocycles. The van der Waals surface area contributed by atoms with Crippen molar-refractivity contribution in [3.8, 4) is 0 Å². The highest BCUT2D eigenvalue weighted by Crippen LogP contribution is 2.12. The fourth-order valence-corrected chi connectivity index (χ4v) is 2.69. The number of carbonyl (C=O) groups excluding carboxylic acids is 2. The zero-order valence-electron chi connectivity index (χ0n) is 14.0. The van der Waals surface area contributed by atoms with Gasteiger partial charge in [0.25, 0.3) is 5.91 Å². The predicted molar refractivity (Wildman–Crippen MR) is 92.1 cm³/mol. The molecular formula is C18H20N4O3. The maximum atomic E-state index is 12.5. The number of hydrogen-bond acceptors (Lipinski definition) is 6. The summed E-state index contributed by atoms with van der Waals surface area (Å²) in [5.74, 6) is -0.00571. The summed E-state index contributed by atoms with van der Waals surface area (Å²) in [6, 6.07) is 10.4. The number of esters is 1. The molecular weight excluding hydrogens is 320 g/mol. The van der Waals surface area contributed by atoms with Gasteiger partial charge in [-0.2, -0.15) is 0 Å². The van der Waals surface area contributed by atoms with E-state index in [2.05, 4.69) is 9.97 Å². The van der Waals surface area contributed by atoms with Crippen LogP contribution in [0.3, 0.4) is 0 Å². The summed E-state index contributed by atoms with van der Waals surface area (Å²) in [5.41, 5.74) is 0.438. The second-order valence-corrected chi connectivity index (χ2v) is 5.77. The molecule has 1 aliphatic heterocycles. The number of aromatic nitrogens is 2. The van der Waals surface area contributed by atoms with Gasteiger partial charge < -0.3 is 14.5 Å². The van der Waals surface area contributed by atoms with Gasteiger partial charge in [0.05, 0.1) is 5.56 Å². The van der Waals surface area contributed by atoms with Crippen molar-refractivity contribution in [2.24, 2.45) is 0 Å². The van der Waals surface area contributed by atoms with Gasteiger partial charge in [-0.3, -0.25) is 4.79 Å². The van der Waals surface area contributed by atoms with E-state index in [1.165, 1.54) is 0 Å². The van der Waals surface area contributed by atoms with E-state index in [9.17, 15) is 9.59 Å². The average molecular weight is 340 g/mol. The Labute approximate surface area is 146 Å². The van der Waals surface area contributed by atoms with Crippen LogP contribution in [0.15, 0.2) is 48.8 Å². The van der Waals surface area contributed by atoms with Crippen LogP contribution in [0.5, 0.6) is 0 Å². The summed E-state index contributed by atoms with van der Waals surface area (Å²) in [6.45, 7) is 3.99. The van der Waals surface area contributed by atoms with E-state index in [-0.39, 0.29) is 5.91 Å². The number of benzene rings is 1. The first-order valence-electron chi connectivity index (χ1n) is 8.22. The summed E-state index contributed by atoms with van der Waals surface area (Å²) in [6.07, 6.45) is 2.59. The van der Waals surface area contributed by atoms with Crippen molar-refractivity contribution < 1.29 is 14.3 Å². The Kier molecular flexibility index (Phi) is 5.23. The van der Waals surface area contributed by atoms with Gasteiger partial charge in [0.15, 0.2) is 6.10 Å². The van der Waals surface area contributed by atoms with Gasteiger partial charge in [0.1, 0.15) is 0 Å². The molecule has 0 aliphatic carbocycles. The minimum absolute atomic E-state index is 0.182. The molecule has 1 unspecified atom stereocenters. The number of amides is 1. The maximum Gasteiger partial charge on any atom is 0.338 e. The van der Waals surface area contributed by atoms with Gasteiger partial charge in [-0.15, -0.1) is 0 Å². The second-order valence-electron chi connectivity index (χ2n) is 5.77. The molecule has 2 heterocycles. The van der Waals surface area contributed by atoms with E-state index in [1.807, 2.05) is 11.0 Å². The molecule has 7 nitrogen and oxygen atoms in total. The number of carbonyl (C=O) groups is 2. The Morgan fingerprint density at radius 3 is 2.28 bits per heavy atom. The lowest BCUT2D eigenvalue weighted by Crippen LogP contribution is -2.52. The van der Waals surface area contributed by atoms with Crippen molar-refractivity contribution in [1.29, 1.82) is 0 Å². The van der Waals surface area contributed by atoms with Crippen molar-refractivity contribution >= 4 is 17.8 Å². The lowest BCUT2D eigenvalue weighted by atomic mass is 10.2. The molecule has 2 aromatic rings. The lowest BCUT2D eigenvalue weighted by Gasteiger charge is -2.35. The van der Waals surface area contributed by atoms with Crippen LogP contribution < -0.4 is 4.90 Å². The highest BCUT2D eigenvalue weighted by atomic mass is 16.5. The molecule has 1 atom stereocenters. The van der Waals surface area contributed by atoms with Crippen LogP contribution in [0.1, 0.15) is 17.3 Å². The van der Waals surface area contributed by atoms with Crippen LogP contribution in [-0.4, -0.2) is 59.0 Å². The quantitative estimate of drug-likeness (QED) is 0.783. The molecule has 1 aromatic carbocycles. The number of anilines is 1. The Hall–Kier alpha value is -2.96. The Morgan fingerprint density at radius 2 is 1.64 bits per heavy atom. The predicted octanol–water partition coefficient (Wildman–Crippen LogP) is 1.37. The SMILES string of the molecule is CC(OC(=O)c1ccccc1)C(=O)N1CCN(c2ncccn2)CC1. The lowest BCUT2D eigenvalue weighted by molar-refractivity contribution is -0.140. The van der Waals surface area contributed by atoms with Gasteiger partial charge in [0, 0.05) is 38.6 Å². The fourth-order valence-electron chi connectivity index (χ4n) is 2.69. The summed E-state index contributed by atoms with van der Waals surface area (Å²) < 4.78 is 5.29. The van der Waals surface area contributed by atoms with Crippen LogP contribution in [0.4, 0.5) is 5.95 Å². The fraction of sp³-hybridized carbons (Fsp3) is 0.333. The highest BCUT2D eigenvalue weighted by molar-refractivity contribution is 5.92. The molecule has 1 aliphatic rings. The van der Waals surface area contributed by atoms with Crippen molar-refractivity contribution in [3.05, 3.63) is 54.4 Å². The van der Waals surface area contributed by atoms with Crippen molar-refractivity contribution in [2.45, 2.75) is 13.0 Å². The first kappa shape index (κ1) is 16.9. The molecule has 0 N–H and O–H groups in total. The van der Waals surface area contributed by atoms with E-state index in [0.717, 1.165) is 0 Å². The largest absolute Gasteiger partial charge is 0.449 e. The van der Waals surface area contributed by atoms with Gasteiger partial charge in [-0.05, 0) is 25.1 Å². The molecule has 3 rings (SSSR count). The highest BCUT2D eigenvalue weighted by Gasteiger charge is 2.28. The smallest absolute Gasteiger partial charge is 0.338 e. The second kappa shape index (κ2) is 7.74. The van der Waals surface area contributed by atoms with Crippen LogP contribution in [0.25, 0.3) is 0 Å². The van der Waals surface area contributed by atoms with Crippen molar-refractivity contribution in [2.75, 3.05) is 31.1 Å². The standard InChI is InChI=1S/C18H20N4O3/c1-14(25-17(24)15-6-3-2-4-7-15)16(23)21-10-12-22(13-11-21)18-19-8-5-9-20-18/h2-9,14H,10-13H2,1H3. The zero-order valence-corrected chi connectivity index (χ0v) is 14.0. The van der Waals surface area contributed by atoms with Crippen molar-refractivity contribution in [1.82, 2.24) is 14.9 Å². The third kappa shape index (κ3) is 4.12. The molecule has 0 saturated carbocycles. The Morgan fingerprint density at radius 1 is 1.00 bits per heavy atom. The van der Waals surface area contributed by atoms with Crippen LogP contribution in [0.2, 0.25) is 0 Å². The molecule has 0 bridgehead atoms. The van der Waals surface area contributed by atoms with E-state index in [4.69, 9.17) is 4.74 Å². The molecule has 130 valence electrons. The maximum absolute atomic E-state index is 12.5. The third-order valence-electron chi connectivity index (χ3n) is 4.07. The zero-order chi connectivity index (χ0) is 17.6. The normalized spacial score (nSPS) is 15.6. The first-order valence-corrected chi connectivity index (χ1v) is 8.22. The number of piperazine rings is 1. The topological polar surface area (TPSA) is 75.6 Å². The molecule has 1 saturated heterocycles. The first-order chi connectivity index (χ1) is 12.1. The minimum atomic E-state index is -0.813. The number of rotatable bonds is 4. The molecule has 1 amide bonds. The summed E-state index contributed by atoms with van der Waals surface area (Å²) in [5, 5.41) is 0. The van der Waals surface area contributed by atoms with Crippen molar-refractivity contribution in [3.63, 3.8) is 0 Å². The summed E-state index contributed by atoms with van der Waals surface area (Å²) in [7, 11) is 0. The monoisotopic (exact) mass is 340 g/mol. The average Bonchev–Trinajstić information content (AvgIpc) is 2.69. The van der Waals surface area contributed by atoms with E-state index in [0.29, 0.717) is 37.7 Å². The number of hydrogen-bond donors (Lipinski definition) is 0. The Bertz CT molecular complexity index is 716.